The standard InChI is InChI=1S/C27H36F2N4O4/c1-35-21-16-30-27(31-17-21)33-5-2-18(3-6-33)22-12-19(22)4-9-37-20-13-24(28)23(25(29)14-20)15-26(34)32-7-10-36-11-8-32/h13-14,16-19,22,26,34H,2-12,15H2,1H3/t19?,22-,26?/m1/s1. The van der Waals surface area contributed by atoms with Crippen molar-refractivity contribution in [2.24, 2.45) is 17.8 Å². The molecule has 2 aliphatic heterocycles. The van der Waals surface area contributed by atoms with E-state index in [1.54, 1.807) is 24.4 Å². The van der Waals surface area contributed by atoms with Gasteiger partial charge in [0.25, 0.3) is 0 Å². The summed E-state index contributed by atoms with van der Waals surface area (Å²) in [5.41, 5.74) is -0.111. The largest absolute Gasteiger partial charge is 0.494 e. The van der Waals surface area contributed by atoms with Gasteiger partial charge in [-0.25, -0.2) is 18.7 Å². The molecular formula is C27H36F2N4O4. The van der Waals surface area contributed by atoms with Gasteiger partial charge in [-0.05, 0) is 43.4 Å². The molecule has 5 rings (SSSR count). The third kappa shape index (κ3) is 6.48. The number of ether oxygens (including phenoxy) is 3. The molecule has 2 aromatic rings. The molecule has 1 saturated carbocycles. The molecule has 0 bridgehead atoms. The van der Waals surface area contributed by atoms with Crippen LogP contribution in [0.25, 0.3) is 0 Å². The molecule has 2 unspecified atom stereocenters. The molecule has 3 aliphatic rings. The summed E-state index contributed by atoms with van der Waals surface area (Å²) in [5.74, 6) is 2.23. The monoisotopic (exact) mass is 518 g/mol. The highest BCUT2D eigenvalue weighted by atomic mass is 19.1. The minimum absolute atomic E-state index is 0.106. The average molecular weight is 519 g/mol. The zero-order valence-corrected chi connectivity index (χ0v) is 21.3. The fraction of sp³-hybridized carbons (Fsp3) is 0.630. The molecule has 1 N–H and O–H groups in total. The van der Waals surface area contributed by atoms with Gasteiger partial charge < -0.3 is 24.2 Å². The van der Waals surface area contributed by atoms with E-state index in [1.165, 1.54) is 18.6 Å². The van der Waals surface area contributed by atoms with Crippen LogP contribution in [0.5, 0.6) is 11.5 Å². The first-order valence-electron chi connectivity index (χ1n) is 13.2. The highest BCUT2D eigenvalue weighted by molar-refractivity contribution is 5.32. The van der Waals surface area contributed by atoms with Crippen LogP contribution in [0.15, 0.2) is 24.5 Å². The van der Waals surface area contributed by atoms with Gasteiger partial charge in [-0.1, -0.05) is 0 Å². The molecular weight excluding hydrogens is 482 g/mol. The Morgan fingerprint density at radius 3 is 2.38 bits per heavy atom. The number of hydrogen-bond donors (Lipinski definition) is 1. The van der Waals surface area contributed by atoms with E-state index >= 15 is 0 Å². The maximum atomic E-state index is 14.6. The minimum atomic E-state index is -0.943. The second-order valence-electron chi connectivity index (χ2n) is 10.2. The summed E-state index contributed by atoms with van der Waals surface area (Å²) < 4.78 is 45.4. The second kappa shape index (κ2) is 11.9. The summed E-state index contributed by atoms with van der Waals surface area (Å²) in [6, 6.07) is 2.46. The lowest BCUT2D eigenvalue weighted by molar-refractivity contribution is -0.0581. The Kier molecular flexibility index (Phi) is 8.36. The smallest absolute Gasteiger partial charge is 0.225 e. The van der Waals surface area contributed by atoms with E-state index in [-0.39, 0.29) is 17.7 Å². The molecule has 1 aromatic heterocycles. The van der Waals surface area contributed by atoms with Crippen LogP contribution in [-0.4, -0.2) is 79.3 Å². The zero-order chi connectivity index (χ0) is 25.8. The van der Waals surface area contributed by atoms with Crippen molar-refractivity contribution in [2.45, 2.75) is 38.3 Å². The van der Waals surface area contributed by atoms with Crippen molar-refractivity contribution in [1.82, 2.24) is 14.9 Å². The summed E-state index contributed by atoms with van der Waals surface area (Å²) >= 11 is 0. The van der Waals surface area contributed by atoms with Gasteiger partial charge in [0.2, 0.25) is 5.95 Å². The SMILES string of the molecule is COc1cnc(N2CCC([C@H]3CC3CCOc3cc(F)c(CC(O)N4CCOCC4)c(F)c3)CC2)nc1. The molecule has 1 aromatic carbocycles. The lowest BCUT2D eigenvalue weighted by Gasteiger charge is -2.32. The minimum Gasteiger partial charge on any atom is -0.494 e. The Balaban J connectivity index is 1.04. The molecule has 0 spiro atoms. The van der Waals surface area contributed by atoms with E-state index in [0.717, 1.165) is 38.3 Å². The van der Waals surface area contributed by atoms with Crippen molar-refractivity contribution in [1.29, 1.82) is 0 Å². The molecule has 3 fully saturated rings. The fourth-order valence-electron chi connectivity index (χ4n) is 5.66. The van der Waals surface area contributed by atoms with Crippen molar-refractivity contribution >= 4 is 5.95 Å². The van der Waals surface area contributed by atoms with Crippen molar-refractivity contribution < 1.29 is 28.1 Å². The van der Waals surface area contributed by atoms with Gasteiger partial charge in [-0.2, -0.15) is 0 Å². The number of anilines is 1. The zero-order valence-electron chi connectivity index (χ0n) is 21.3. The fourth-order valence-corrected chi connectivity index (χ4v) is 5.66. The van der Waals surface area contributed by atoms with Crippen LogP contribution in [0, 0.1) is 29.4 Å². The lowest BCUT2D eigenvalue weighted by atomic mass is 9.90. The first-order valence-corrected chi connectivity index (χ1v) is 13.2. The molecule has 3 heterocycles. The first kappa shape index (κ1) is 26.1. The van der Waals surface area contributed by atoms with E-state index in [2.05, 4.69) is 14.9 Å². The van der Waals surface area contributed by atoms with Gasteiger partial charge in [-0.3, -0.25) is 4.90 Å². The predicted molar refractivity (Wildman–Crippen MR) is 134 cm³/mol. The number of aliphatic hydroxyl groups excluding tert-OH is 1. The molecule has 2 saturated heterocycles. The van der Waals surface area contributed by atoms with Crippen LogP contribution in [0.4, 0.5) is 14.7 Å². The molecule has 1 aliphatic carbocycles. The molecule has 202 valence electrons. The molecule has 0 amide bonds. The first-order chi connectivity index (χ1) is 18.0. The van der Waals surface area contributed by atoms with Crippen molar-refractivity contribution in [3.05, 3.63) is 41.7 Å². The number of halogens is 2. The van der Waals surface area contributed by atoms with Crippen LogP contribution in [0.1, 0.15) is 31.2 Å². The number of piperidine rings is 1. The third-order valence-electron chi connectivity index (χ3n) is 7.98. The topological polar surface area (TPSA) is 80.2 Å². The Morgan fingerprint density at radius 1 is 1.05 bits per heavy atom. The molecule has 10 heteroatoms. The lowest BCUT2D eigenvalue weighted by Crippen LogP contribution is -2.44. The molecule has 8 nitrogen and oxygen atoms in total. The molecule has 37 heavy (non-hydrogen) atoms. The second-order valence-corrected chi connectivity index (χ2v) is 10.2. The van der Waals surface area contributed by atoms with Crippen LogP contribution in [0.3, 0.4) is 0 Å². The summed E-state index contributed by atoms with van der Waals surface area (Å²) in [6.07, 6.45) is 6.66. The van der Waals surface area contributed by atoms with Gasteiger partial charge in [0.1, 0.15) is 23.6 Å². The van der Waals surface area contributed by atoms with E-state index in [9.17, 15) is 13.9 Å². The van der Waals surface area contributed by atoms with Crippen molar-refractivity contribution in [3.8, 4) is 11.5 Å². The van der Waals surface area contributed by atoms with Crippen molar-refractivity contribution in [2.75, 3.05) is 58.0 Å². The van der Waals surface area contributed by atoms with Gasteiger partial charge >= 0.3 is 0 Å². The van der Waals surface area contributed by atoms with E-state index in [1.807, 2.05) is 0 Å². The van der Waals surface area contributed by atoms with E-state index in [0.29, 0.717) is 56.4 Å². The normalized spacial score (nSPS) is 23.6. The van der Waals surface area contributed by atoms with Gasteiger partial charge in [-0.15, -0.1) is 0 Å². The number of benzene rings is 1. The van der Waals surface area contributed by atoms with E-state index in [4.69, 9.17) is 14.2 Å². The highest BCUT2D eigenvalue weighted by Crippen LogP contribution is 2.49. The van der Waals surface area contributed by atoms with Crippen molar-refractivity contribution in [3.63, 3.8) is 0 Å². The van der Waals surface area contributed by atoms with Crippen LogP contribution in [-0.2, 0) is 11.2 Å². The number of aliphatic hydroxyl groups is 1. The Morgan fingerprint density at radius 2 is 1.73 bits per heavy atom. The van der Waals surface area contributed by atoms with Crippen LogP contribution in [0.2, 0.25) is 0 Å². The highest BCUT2D eigenvalue weighted by Gasteiger charge is 2.43. The number of hydrogen-bond acceptors (Lipinski definition) is 8. The Bertz CT molecular complexity index is 1010. The molecule has 3 atom stereocenters. The molecule has 0 radical (unpaired) electrons. The average Bonchev–Trinajstić information content (AvgIpc) is 3.71. The summed E-state index contributed by atoms with van der Waals surface area (Å²) in [4.78, 5) is 12.8. The summed E-state index contributed by atoms with van der Waals surface area (Å²) in [7, 11) is 1.61. The summed E-state index contributed by atoms with van der Waals surface area (Å²) in [6.45, 7) is 4.44. The number of nitrogens with zero attached hydrogens (tertiary/aromatic N) is 4. The van der Waals surface area contributed by atoms with Crippen LogP contribution < -0.4 is 14.4 Å². The third-order valence-corrected chi connectivity index (χ3v) is 7.98. The number of morpholine rings is 1. The quantitative estimate of drug-likeness (QED) is 0.514. The number of methoxy groups -OCH3 is 1. The summed E-state index contributed by atoms with van der Waals surface area (Å²) in [5, 5.41) is 10.4. The van der Waals surface area contributed by atoms with Crippen LogP contribution >= 0.6 is 0 Å². The Labute approximate surface area is 216 Å². The number of rotatable bonds is 10. The maximum Gasteiger partial charge on any atom is 0.225 e. The van der Waals surface area contributed by atoms with E-state index < -0.39 is 17.9 Å². The predicted octanol–water partition coefficient (Wildman–Crippen LogP) is 3.28. The van der Waals surface area contributed by atoms with Gasteiger partial charge in [0.15, 0.2) is 5.75 Å². The Hall–Kier alpha value is -2.56. The maximum absolute atomic E-state index is 14.6. The van der Waals surface area contributed by atoms with Gasteiger partial charge in [0, 0.05) is 50.3 Å². The number of aromatic nitrogens is 2. The van der Waals surface area contributed by atoms with Gasteiger partial charge in [0.05, 0.1) is 39.3 Å².